The summed E-state index contributed by atoms with van der Waals surface area (Å²) < 4.78 is 5.40. The fourth-order valence-corrected chi connectivity index (χ4v) is 2.08. The Kier molecular flexibility index (Phi) is 7.23. The normalized spacial score (nSPS) is 20.6. The van der Waals surface area contributed by atoms with E-state index in [0.29, 0.717) is 25.6 Å². The molecule has 1 fully saturated rings. The molecule has 0 bridgehead atoms. The van der Waals surface area contributed by atoms with E-state index < -0.39 is 0 Å². The Bertz CT molecular complexity index is 246. The number of amides is 1. The molecular weight excluding hydrogens is 232 g/mol. The van der Waals surface area contributed by atoms with Crippen LogP contribution in [0, 0.1) is 5.92 Å². The monoisotopic (exact) mass is 258 g/mol. The quantitative estimate of drug-likeness (QED) is 0.612. The number of ether oxygens (including phenoxy) is 1. The number of carbonyl (C=O) groups is 1. The van der Waals surface area contributed by atoms with Crippen LogP contribution in [0.3, 0.4) is 0 Å². The standard InChI is InChI=1S/C13H26N2O3/c1-11(2)18-7-3-5-14-13(17)9-15-6-4-12(8-15)10-16/h11-12,16H,3-10H2,1-2H3,(H,14,17). The van der Waals surface area contributed by atoms with Gasteiger partial charge in [0.2, 0.25) is 5.91 Å². The summed E-state index contributed by atoms with van der Waals surface area (Å²) in [6, 6.07) is 0. The summed E-state index contributed by atoms with van der Waals surface area (Å²) in [6.45, 7) is 7.78. The molecule has 1 aliphatic heterocycles. The lowest BCUT2D eigenvalue weighted by Crippen LogP contribution is -2.36. The molecule has 0 aromatic carbocycles. The molecule has 0 aromatic heterocycles. The number of aliphatic hydroxyl groups excluding tert-OH is 1. The Morgan fingerprint density at radius 1 is 1.56 bits per heavy atom. The minimum absolute atomic E-state index is 0.0677. The highest BCUT2D eigenvalue weighted by Crippen LogP contribution is 2.14. The van der Waals surface area contributed by atoms with E-state index in [4.69, 9.17) is 9.84 Å². The van der Waals surface area contributed by atoms with Crippen LogP contribution in [0.2, 0.25) is 0 Å². The van der Waals surface area contributed by atoms with Crippen molar-refractivity contribution in [2.75, 3.05) is 39.4 Å². The first-order valence-electron chi connectivity index (χ1n) is 6.83. The highest BCUT2D eigenvalue weighted by molar-refractivity contribution is 5.78. The zero-order valence-electron chi connectivity index (χ0n) is 11.5. The molecule has 0 spiro atoms. The molecule has 1 atom stereocenters. The van der Waals surface area contributed by atoms with Gasteiger partial charge in [-0.2, -0.15) is 0 Å². The van der Waals surface area contributed by atoms with E-state index >= 15 is 0 Å². The van der Waals surface area contributed by atoms with Crippen molar-refractivity contribution in [2.24, 2.45) is 5.92 Å². The second-order valence-corrected chi connectivity index (χ2v) is 5.20. The van der Waals surface area contributed by atoms with Crippen LogP contribution in [0.1, 0.15) is 26.7 Å². The van der Waals surface area contributed by atoms with Crippen LogP contribution in [0.5, 0.6) is 0 Å². The van der Waals surface area contributed by atoms with Gasteiger partial charge in [0.05, 0.1) is 12.6 Å². The molecule has 0 aromatic rings. The number of hydrogen-bond donors (Lipinski definition) is 2. The second kappa shape index (κ2) is 8.45. The molecule has 1 aliphatic rings. The van der Waals surface area contributed by atoms with Gasteiger partial charge < -0.3 is 15.2 Å². The van der Waals surface area contributed by atoms with Gasteiger partial charge in [0.1, 0.15) is 0 Å². The summed E-state index contributed by atoms with van der Waals surface area (Å²) in [6.07, 6.45) is 2.09. The Morgan fingerprint density at radius 3 is 2.94 bits per heavy atom. The highest BCUT2D eigenvalue weighted by atomic mass is 16.5. The lowest BCUT2D eigenvalue weighted by atomic mass is 10.1. The smallest absolute Gasteiger partial charge is 0.234 e. The zero-order valence-corrected chi connectivity index (χ0v) is 11.5. The molecule has 5 heteroatoms. The molecule has 1 amide bonds. The van der Waals surface area contributed by atoms with Crippen LogP contribution in [0.15, 0.2) is 0 Å². The molecule has 1 rings (SSSR count). The van der Waals surface area contributed by atoms with E-state index in [-0.39, 0.29) is 18.6 Å². The first-order chi connectivity index (χ1) is 8.61. The average Bonchev–Trinajstić information content (AvgIpc) is 2.76. The molecule has 0 aliphatic carbocycles. The van der Waals surface area contributed by atoms with Crippen molar-refractivity contribution >= 4 is 5.91 Å². The molecule has 18 heavy (non-hydrogen) atoms. The Labute approximate surface area is 109 Å². The number of aliphatic hydroxyl groups is 1. The molecule has 0 radical (unpaired) electrons. The lowest BCUT2D eigenvalue weighted by molar-refractivity contribution is -0.122. The van der Waals surface area contributed by atoms with Crippen molar-refractivity contribution in [2.45, 2.75) is 32.8 Å². The van der Waals surface area contributed by atoms with Gasteiger partial charge in [0.15, 0.2) is 0 Å². The van der Waals surface area contributed by atoms with Crippen molar-refractivity contribution in [3.63, 3.8) is 0 Å². The summed E-state index contributed by atoms with van der Waals surface area (Å²) in [5, 5.41) is 11.9. The fourth-order valence-electron chi connectivity index (χ4n) is 2.08. The third-order valence-corrected chi connectivity index (χ3v) is 3.09. The third-order valence-electron chi connectivity index (χ3n) is 3.09. The van der Waals surface area contributed by atoms with Gasteiger partial charge in [0, 0.05) is 26.3 Å². The van der Waals surface area contributed by atoms with Gasteiger partial charge >= 0.3 is 0 Å². The van der Waals surface area contributed by atoms with Gasteiger partial charge in [-0.15, -0.1) is 0 Å². The van der Waals surface area contributed by atoms with Gasteiger partial charge in [-0.05, 0) is 39.2 Å². The van der Waals surface area contributed by atoms with Crippen molar-refractivity contribution in [3.8, 4) is 0 Å². The van der Waals surface area contributed by atoms with Crippen LogP contribution < -0.4 is 5.32 Å². The average molecular weight is 258 g/mol. The minimum atomic E-state index is 0.0677. The second-order valence-electron chi connectivity index (χ2n) is 5.20. The van der Waals surface area contributed by atoms with E-state index in [2.05, 4.69) is 10.2 Å². The van der Waals surface area contributed by atoms with E-state index in [1.165, 1.54) is 0 Å². The van der Waals surface area contributed by atoms with E-state index in [0.717, 1.165) is 25.9 Å². The van der Waals surface area contributed by atoms with Crippen molar-refractivity contribution in [1.29, 1.82) is 0 Å². The first kappa shape index (κ1) is 15.4. The SMILES string of the molecule is CC(C)OCCCNC(=O)CN1CCC(CO)C1. The summed E-state index contributed by atoms with van der Waals surface area (Å²) in [5.74, 6) is 0.412. The molecule has 2 N–H and O–H groups in total. The zero-order chi connectivity index (χ0) is 13.4. The van der Waals surface area contributed by atoms with Crippen molar-refractivity contribution in [1.82, 2.24) is 10.2 Å². The predicted octanol–water partition coefficient (Wildman–Crippen LogP) is 0.232. The fraction of sp³-hybridized carbons (Fsp3) is 0.923. The first-order valence-corrected chi connectivity index (χ1v) is 6.83. The van der Waals surface area contributed by atoms with E-state index in [1.54, 1.807) is 0 Å². The summed E-state index contributed by atoms with van der Waals surface area (Å²) >= 11 is 0. The summed E-state index contributed by atoms with van der Waals surface area (Å²) in [5.41, 5.74) is 0. The number of hydrogen-bond acceptors (Lipinski definition) is 4. The molecule has 5 nitrogen and oxygen atoms in total. The van der Waals surface area contributed by atoms with E-state index in [1.807, 2.05) is 13.8 Å². The number of carbonyl (C=O) groups excluding carboxylic acids is 1. The summed E-state index contributed by atoms with van der Waals surface area (Å²) in [4.78, 5) is 13.7. The predicted molar refractivity (Wildman–Crippen MR) is 70.3 cm³/mol. The number of nitrogens with one attached hydrogen (secondary N) is 1. The molecule has 1 saturated heterocycles. The van der Waals surface area contributed by atoms with Gasteiger partial charge in [-0.1, -0.05) is 0 Å². The Morgan fingerprint density at radius 2 is 2.33 bits per heavy atom. The van der Waals surface area contributed by atoms with Gasteiger partial charge in [-0.25, -0.2) is 0 Å². The number of rotatable bonds is 8. The van der Waals surface area contributed by atoms with Crippen LogP contribution in [-0.4, -0.2) is 61.4 Å². The maximum atomic E-state index is 11.6. The number of nitrogens with zero attached hydrogens (tertiary/aromatic N) is 1. The van der Waals surface area contributed by atoms with Crippen LogP contribution in [-0.2, 0) is 9.53 Å². The van der Waals surface area contributed by atoms with Crippen LogP contribution in [0.25, 0.3) is 0 Å². The Balaban J connectivity index is 2.00. The van der Waals surface area contributed by atoms with Crippen LogP contribution >= 0.6 is 0 Å². The van der Waals surface area contributed by atoms with Crippen molar-refractivity contribution < 1.29 is 14.6 Å². The van der Waals surface area contributed by atoms with E-state index in [9.17, 15) is 4.79 Å². The van der Waals surface area contributed by atoms with Crippen LogP contribution in [0.4, 0.5) is 0 Å². The van der Waals surface area contributed by atoms with Crippen molar-refractivity contribution in [3.05, 3.63) is 0 Å². The maximum Gasteiger partial charge on any atom is 0.234 e. The summed E-state index contributed by atoms with van der Waals surface area (Å²) in [7, 11) is 0. The highest BCUT2D eigenvalue weighted by Gasteiger charge is 2.22. The lowest BCUT2D eigenvalue weighted by Gasteiger charge is -2.15. The third kappa shape index (κ3) is 6.33. The molecule has 106 valence electrons. The number of likely N-dealkylation sites (tertiary alicyclic amines) is 1. The molecular formula is C13H26N2O3. The minimum Gasteiger partial charge on any atom is -0.396 e. The van der Waals surface area contributed by atoms with Gasteiger partial charge in [0.25, 0.3) is 0 Å². The maximum absolute atomic E-state index is 11.6. The topological polar surface area (TPSA) is 61.8 Å². The molecule has 1 unspecified atom stereocenters. The van der Waals surface area contributed by atoms with Gasteiger partial charge in [-0.3, -0.25) is 9.69 Å². The molecule has 0 saturated carbocycles. The largest absolute Gasteiger partial charge is 0.396 e. The molecule has 1 heterocycles. The Hall–Kier alpha value is -0.650.